The van der Waals surface area contributed by atoms with Gasteiger partial charge < -0.3 is 5.32 Å². The maximum atomic E-state index is 12.6. The van der Waals surface area contributed by atoms with Gasteiger partial charge in [-0.1, -0.05) is 12.1 Å². The molecule has 2 N–H and O–H groups in total. The lowest BCUT2D eigenvalue weighted by Crippen LogP contribution is -2.47. The highest BCUT2D eigenvalue weighted by molar-refractivity contribution is 9.10. The molecule has 1 aromatic carbocycles. The van der Waals surface area contributed by atoms with Crippen molar-refractivity contribution in [2.75, 3.05) is 11.9 Å². The molecule has 104 valence electrons. The second-order valence-corrected chi connectivity index (χ2v) is 5.32. The molecule has 0 atom stereocenters. The van der Waals surface area contributed by atoms with Crippen LogP contribution in [0.2, 0.25) is 0 Å². The van der Waals surface area contributed by atoms with Crippen molar-refractivity contribution in [3.05, 3.63) is 28.7 Å². The molecule has 2 rings (SSSR count). The maximum absolute atomic E-state index is 12.6. The number of carbonyl (C=O) groups excluding carboxylic acids is 1. The van der Waals surface area contributed by atoms with Crippen molar-refractivity contribution in [3.8, 4) is 0 Å². The van der Waals surface area contributed by atoms with Crippen LogP contribution in [-0.4, -0.2) is 24.2 Å². The van der Waals surface area contributed by atoms with Gasteiger partial charge in [-0.3, -0.25) is 10.1 Å². The van der Waals surface area contributed by atoms with Crippen molar-refractivity contribution in [1.29, 1.82) is 0 Å². The van der Waals surface area contributed by atoms with Crippen LogP contribution in [0.1, 0.15) is 12.8 Å². The highest BCUT2D eigenvalue weighted by Crippen LogP contribution is 2.48. The summed E-state index contributed by atoms with van der Waals surface area (Å²) in [5.74, 6) is -0.498. The molecule has 0 unspecified atom stereocenters. The molecule has 0 aromatic heterocycles. The Morgan fingerprint density at radius 2 is 1.95 bits per heavy atom. The van der Waals surface area contributed by atoms with E-state index in [0.717, 1.165) is 0 Å². The molecule has 1 aliphatic carbocycles. The van der Waals surface area contributed by atoms with E-state index in [2.05, 4.69) is 26.6 Å². The zero-order valence-electron chi connectivity index (χ0n) is 9.85. The summed E-state index contributed by atoms with van der Waals surface area (Å²) in [6.45, 7) is -0.360. The van der Waals surface area contributed by atoms with Crippen LogP contribution in [0.3, 0.4) is 0 Å². The number of anilines is 1. The molecule has 0 spiro atoms. The van der Waals surface area contributed by atoms with Crippen LogP contribution in [0.4, 0.5) is 18.9 Å². The van der Waals surface area contributed by atoms with E-state index in [1.165, 1.54) is 0 Å². The Morgan fingerprint density at radius 1 is 1.32 bits per heavy atom. The minimum Gasteiger partial charge on any atom is -0.324 e. The Morgan fingerprint density at radius 3 is 2.47 bits per heavy atom. The first kappa shape index (κ1) is 14.3. The van der Waals surface area contributed by atoms with Crippen LogP contribution in [0.5, 0.6) is 0 Å². The minimum atomic E-state index is -4.30. The molecule has 0 radical (unpaired) electrons. The molecule has 7 heteroatoms. The number of benzene rings is 1. The number of para-hydroxylation sites is 1. The Balaban J connectivity index is 1.88. The first-order chi connectivity index (χ1) is 8.84. The van der Waals surface area contributed by atoms with Crippen LogP contribution >= 0.6 is 15.9 Å². The Labute approximate surface area is 116 Å². The number of carbonyl (C=O) groups is 1. The summed E-state index contributed by atoms with van der Waals surface area (Å²) in [6.07, 6.45) is -4.25. The van der Waals surface area contributed by atoms with Crippen molar-refractivity contribution in [1.82, 2.24) is 5.32 Å². The van der Waals surface area contributed by atoms with Gasteiger partial charge in [-0.05, 0) is 40.9 Å². The van der Waals surface area contributed by atoms with E-state index in [4.69, 9.17) is 0 Å². The van der Waals surface area contributed by atoms with Gasteiger partial charge in [-0.2, -0.15) is 13.2 Å². The van der Waals surface area contributed by atoms with E-state index in [1.807, 2.05) is 0 Å². The first-order valence-electron chi connectivity index (χ1n) is 5.70. The van der Waals surface area contributed by atoms with Gasteiger partial charge in [0.15, 0.2) is 0 Å². The molecule has 0 bridgehead atoms. The standard InChI is InChI=1S/C12H12BrF3N2O/c13-8-3-1-2-4-9(8)18-10(19)7-17-11(5-6-11)12(14,15)16/h1-4,17H,5-7H2,(H,18,19). The summed E-state index contributed by atoms with van der Waals surface area (Å²) in [5, 5.41) is 4.84. The monoisotopic (exact) mass is 336 g/mol. The lowest BCUT2D eigenvalue weighted by molar-refractivity contribution is -0.165. The van der Waals surface area contributed by atoms with Crippen molar-refractivity contribution in [3.63, 3.8) is 0 Å². The molecule has 1 aliphatic rings. The fourth-order valence-electron chi connectivity index (χ4n) is 1.69. The summed E-state index contributed by atoms with van der Waals surface area (Å²) in [7, 11) is 0. The number of hydrogen-bond acceptors (Lipinski definition) is 2. The summed E-state index contributed by atoms with van der Waals surface area (Å²) < 4.78 is 38.6. The molecular weight excluding hydrogens is 325 g/mol. The molecule has 1 saturated carbocycles. The normalized spacial score (nSPS) is 17.1. The van der Waals surface area contributed by atoms with Gasteiger partial charge in [0.1, 0.15) is 5.54 Å². The SMILES string of the molecule is O=C(CNC1(C(F)(F)F)CC1)Nc1ccccc1Br. The van der Waals surface area contributed by atoms with Gasteiger partial charge >= 0.3 is 6.18 Å². The van der Waals surface area contributed by atoms with Crippen LogP contribution in [0.15, 0.2) is 28.7 Å². The number of halogens is 4. The quantitative estimate of drug-likeness (QED) is 0.887. The summed E-state index contributed by atoms with van der Waals surface area (Å²) in [5.41, 5.74) is -1.33. The molecular formula is C12H12BrF3N2O. The van der Waals surface area contributed by atoms with Crippen LogP contribution in [-0.2, 0) is 4.79 Å². The fourth-order valence-corrected chi connectivity index (χ4v) is 2.08. The van der Waals surface area contributed by atoms with E-state index < -0.39 is 17.6 Å². The lowest BCUT2D eigenvalue weighted by Gasteiger charge is -2.20. The average molecular weight is 337 g/mol. The summed E-state index contributed by atoms with van der Waals surface area (Å²) in [4.78, 5) is 11.6. The zero-order valence-corrected chi connectivity index (χ0v) is 11.4. The number of hydrogen-bond donors (Lipinski definition) is 2. The number of amides is 1. The second kappa shape index (κ2) is 5.13. The highest BCUT2D eigenvalue weighted by Gasteiger charge is 2.63. The second-order valence-electron chi connectivity index (χ2n) is 4.46. The van der Waals surface area contributed by atoms with Gasteiger partial charge in [-0.15, -0.1) is 0 Å². The Bertz CT molecular complexity index is 486. The van der Waals surface area contributed by atoms with E-state index in [-0.39, 0.29) is 19.4 Å². The maximum Gasteiger partial charge on any atom is 0.406 e. The van der Waals surface area contributed by atoms with E-state index >= 15 is 0 Å². The van der Waals surface area contributed by atoms with Crippen LogP contribution in [0, 0.1) is 0 Å². The van der Waals surface area contributed by atoms with Gasteiger partial charge in [0.2, 0.25) is 5.91 Å². The number of rotatable bonds is 4. The highest BCUT2D eigenvalue weighted by atomic mass is 79.9. The van der Waals surface area contributed by atoms with Crippen molar-refractivity contribution in [2.45, 2.75) is 24.6 Å². The average Bonchev–Trinajstić information content (AvgIpc) is 3.10. The molecule has 0 saturated heterocycles. The van der Waals surface area contributed by atoms with Crippen LogP contribution < -0.4 is 10.6 Å². The largest absolute Gasteiger partial charge is 0.406 e. The van der Waals surface area contributed by atoms with Gasteiger partial charge in [0.25, 0.3) is 0 Å². The predicted molar refractivity (Wildman–Crippen MR) is 68.8 cm³/mol. The third-order valence-electron chi connectivity index (χ3n) is 3.03. The summed E-state index contributed by atoms with van der Waals surface area (Å²) in [6, 6.07) is 6.91. The van der Waals surface area contributed by atoms with Gasteiger partial charge in [0, 0.05) is 4.47 Å². The van der Waals surface area contributed by atoms with E-state index in [1.54, 1.807) is 24.3 Å². The van der Waals surface area contributed by atoms with E-state index in [0.29, 0.717) is 10.2 Å². The number of nitrogens with one attached hydrogen (secondary N) is 2. The van der Waals surface area contributed by atoms with Crippen molar-refractivity contribution >= 4 is 27.5 Å². The first-order valence-corrected chi connectivity index (χ1v) is 6.49. The van der Waals surface area contributed by atoms with E-state index in [9.17, 15) is 18.0 Å². The minimum absolute atomic E-state index is 0.0266. The fraction of sp³-hybridized carbons (Fsp3) is 0.417. The van der Waals surface area contributed by atoms with Crippen molar-refractivity contribution < 1.29 is 18.0 Å². The summed E-state index contributed by atoms with van der Waals surface area (Å²) >= 11 is 3.24. The number of alkyl halides is 3. The molecule has 19 heavy (non-hydrogen) atoms. The van der Waals surface area contributed by atoms with Crippen LogP contribution in [0.25, 0.3) is 0 Å². The lowest BCUT2D eigenvalue weighted by atomic mass is 10.2. The van der Waals surface area contributed by atoms with Gasteiger partial charge in [-0.25, -0.2) is 0 Å². The molecule has 1 amide bonds. The molecule has 0 heterocycles. The Kier molecular flexibility index (Phi) is 3.87. The zero-order chi connectivity index (χ0) is 14.1. The smallest absolute Gasteiger partial charge is 0.324 e. The molecule has 1 fully saturated rings. The Hall–Kier alpha value is -1.08. The molecule has 0 aliphatic heterocycles. The third-order valence-corrected chi connectivity index (χ3v) is 3.72. The topological polar surface area (TPSA) is 41.1 Å². The van der Waals surface area contributed by atoms with Gasteiger partial charge in [0.05, 0.1) is 12.2 Å². The predicted octanol–water partition coefficient (Wildman–Crippen LogP) is 3.07. The molecule has 1 aromatic rings. The van der Waals surface area contributed by atoms with Crippen molar-refractivity contribution in [2.24, 2.45) is 0 Å². The third kappa shape index (κ3) is 3.27. The molecule has 3 nitrogen and oxygen atoms in total.